The Kier molecular flexibility index (Phi) is 5.98. The number of ether oxygens (including phenoxy) is 1. The molecule has 3 rings (SSSR count). The molecule has 0 spiro atoms. The van der Waals surface area contributed by atoms with Crippen molar-refractivity contribution in [3.05, 3.63) is 30.2 Å². The zero-order valence-electron chi connectivity index (χ0n) is 16.1. The highest BCUT2D eigenvalue weighted by Gasteiger charge is 2.31. The number of urea groups is 1. The number of fused-ring (bicyclic) bond motifs is 1. The highest BCUT2D eigenvalue weighted by molar-refractivity contribution is 5.83. The van der Waals surface area contributed by atoms with Gasteiger partial charge in [-0.1, -0.05) is 32.4 Å². The van der Waals surface area contributed by atoms with Crippen LogP contribution in [-0.4, -0.2) is 48.1 Å². The van der Waals surface area contributed by atoms with Crippen molar-refractivity contribution in [1.29, 1.82) is 0 Å². The minimum absolute atomic E-state index is 0.0127. The minimum atomic E-state index is -0.623. The van der Waals surface area contributed by atoms with E-state index in [0.29, 0.717) is 13.1 Å². The highest BCUT2D eigenvalue weighted by atomic mass is 16.5. The SMILES string of the molecule is CC[C@@H](C)[C@H](NC(=O)N1CCC(c2nc3ccccc3o2)CC1)C(=O)OC. The van der Waals surface area contributed by atoms with Crippen molar-refractivity contribution in [2.75, 3.05) is 20.2 Å². The number of likely N-dealkylation sites (tertiary alicyclic amines) is 1. The van der Waals surface area contributed by atoms with Gasteiger partial charge in [-0.3, -0.25) is 0 Å². The van der Waals surface area contributed by atoms with Crippen LogP contribution in [0.25, 0.3) is 11.1 Å². The first-order chi connectivity index (χ1) is 13.0. The average molecular weight is 373 g/mol. The third kappa shape index (κ3) is 4.23. The summed E-state index contributed by atoms with van der Waals surface area (Å²) in [6.07, 6.45) is 2.35. The van der Waals surface area contributed by atoms with E-state index in [-0.39, 0.29) is 17.9 Å². The van der Waals surface area contributed by atoms with Crippen LogP contribution >= 0.6 is 0 Å². The van der Waals surface area contributed by atoms with E-state index in [4.69, 9.17) is 9.15 Å². The summed E-state index contributed by atoms with van der Waals surface area (Å²) in [6, 6.07) is 6.88. The lowest BCUT2D eigenvalue weighted by molar-refractivity contribution is -0.144. The van der Waals surface area contributed by atoms with Gasteiger partial charge in [0.15, 0.2) is 11.5 Å². The maximum atomic E-state index is 12.6. The fourth-order valence-electron chi connectivity index (χ4n) is 3.41. The molecule has 2 atom stereocenters. The van der Waals surface area contributed by atoms with Crippen molar-refractivity contribution in [3.63, 3.8) is 0 Å². The Morgan fingerprint density at radius 3 is 2.67 bits per heavy atom. The third-order valence-electron chi connectivity index (χ3n) is 5.39. The van der Waals surface area contributed by atoms with E-state index < -0.39 is 12.0 Å². The number of piperidine rings is 1. The van der Waals surface area contributed by atoms with E-state index in [2.05, 4.69) is 10.3 Å². The van der Waals surface area contributed by atoms with Gasteiger partial charge in [0, 0.05) is 19.0 Å². The maximum Gasteiger partial charge on any atom is 0.328 e. The topological polar surface area (TPSA) is 84.7 Å². The van der Waals surface area contributed by atoms with Crippen LogP contribution in [0.15, 0.2) is 28.7 Å². The number of oxazole rings is 1. The molecule has 1 aromatic carbocycles. The van der Waals surface area contributed by atoms with E-state index in [9.17, 15) is 9.59 Å². The second kappa shape index (κ2) is 8.41. The summed E-state index contributed by atoms with van der Waals surface area (Å²) in [5.74, 6) is 0.550. The van der Waals surface area contributed by atoms with Crippen molar-refractivity contribution >= 4 is 23.1 Å². The fourth-order valence-corrected chi connectivity index (χ4v) is 3.41. The van der Waals surface area contributed by atoms with E-state index in [1.165, 1.54) is 7.11 Å². The van der Waals surface area contributed by atoms with Gasteiger partial charge < -0.3 is 19.4 Å². The van der Waals surface area contributed by atoms with Crippen LogP contribution in [-0.2, 0) is 9.53 Å². The van der Waals surface area contributed by atoms with Gasteiger partial charge in [0.25, 0.3) is 0 Å². The summed E-state index contributed by atoms with van der Waals surface area (Å²) >= 11 is 0. The normalized spacial score (nSPS) is 17.5. The zero-order chi connectivity index (χ0) is 19.4. The quantitative estimate of drug-likeness (QED) is 0.813. The number of nitrogens with one attached hydrogen (secondary N) is 1. The largest absolute Gasteiger partial charge is 0.467 e. The molecule has 0 saturated carbocycles. The lowest BCUT2D eigenvalue weighted by Crippen LogP contribution is -2.52. The number of esters is 1. The van der Waals surface area contributed by atoms with E-state index in [1.54, 1.807) is 4.90 Å². The smallest absolute Gasteiger partial charge is 0.328 e. The summed E-state index contributed by atoms with van der Waals surface area (Å²) in [5.41, 5.74) is 1.66. The van der Waals surface area contributed by atoms with Gasteiger partial charge in [-0.15, -0.1) is 0 Å². The Labute approximate surface area is 159 Å². The molecule has 1 N–H and O–H groups in total. The molecule has 27 heavy (non-hydrogen) atoms. The first-order valence-corrected chi connectivity index (χ1v) is 9.52. The summed E-state index contributed by atoms with van der Waals surface area (Å²) in [7, 11) is 1.34. The van der Waals surface area contributed by atoms with E-state index >= 15 is 0 Å². The average Bonchev–Trinajstić information content (AvgIpc) is 3.15. The fraction of sp³-hybridized carbons (Fsp3) is 0.550. The van der Waals surface area contributed by atoms with Gasteiger partial charge in [0.2, 0.25) is 0 Å². The van der Waals surface area contributed by atoms with Crippen molar-refractivity contribution in [2.45, 2.75) is 45.1 Å². The Morgan fingerprint density at radius 1 is 1.33 bits per heavy atom. The van der Waals surface area contributed by atoms with Gasteiger partial charge >= 0.3 is 12.0 Å². The van der Waals surface area contributed by atoms with Crippen LogP contribution < -0.4 is 5.32 Å². The molecule has 7 nitrogen and oxygen atoms in total. The molecule has 1 saturated heterocycles. The number of hydrogen-bond acceptors (Lipinski definition) is 5. The Bertz CT molecular complexity index is 762. The minimum Gasteiger partial charge on any atom is -0.467 e. The Morgan fingerprint density at radius 2 is 2.04 bits per heavy atom. The predicted octanol–water partition coefficient (Wildman–Crippen LogP) is 3.30. The molecule has 2 amide bonds. The first kappa shape index (κ1) is 19.2. The van der Waals surface area contributed by atoms with Gasteiger partial charge in [-0.05, 0) is 30.9 Å². The number of methoxy groups -OCH3 is 1. The standard InChI is InChI=1S/C20H27N3O4/c1-4-13(2)17(19(24)26-3)22-20(25)23-11-9-14(10-12-23)18-21-15-7-5-6-8-16(15)27-18/h5-8,13-14,17H,4,9-12H2,1-3H3,(H,22,25)/t13-,17+/m1/s1. The van der Waals surface area contributed by atoms with Crippen LogP contribution in [0.1, 0.15) is 44.9 Å². The third-order valence-corrected chi connectivity index (χ3v) is 5.39. The second-order valence-corrected chi connectivity index (χ2v) is 7.12. The van der Waals surface area contributed by atoms with E-state index in [0.717, 1.165) is 36.3 Å². The Balaban J connectivity index is 1.59. The number of hydrogen-bond donors (Lipinski definition) is 1. The molecule has 0 unspecified atom stereocenters. The van der Waals surface area contributed by atoms with Gasteiger partial charge in [-0.2, -0.15) is 0 Å². The number of carbonyl (C=O) groups is 2. The van der Waals surface area contributed by atoms with Crippen molar-refractivity contribution in [2.24, 2.45) is 5.92 Å². The predicted molar refractivity (Wildman–Crippen MR) is 101 cm³/mol. The van der Waals surface area contributed by atoms with Gasteiger partial charge in [-0.25, -0.2) is 14.6 Å². The number of amides is 2. The molecular formula is C20H27N3O4. The number of rotatable bonds is 5. The number of carbonyl (C=O) groups excluding carboxylic acids is 2. The maximum absolute atomic E-state index is 12.6. The van der Waals surface area contributed by atoms with Crippen LogP contribution in [0.2, 0.25) is 0 Å². The van der Waals surface area contributed by atoms with Crippen LogP contribution in [0.4, 0.5) is 4.79 Å². The van der Waals surface area contributed by atoms with E-state index in [1.807, 2.05) is 38.1 Å². The molecule has 2 heterocycles. The van der Waals surface area contributed by atoms with Gasteiger partial charge in [0.1, 0.15) is 11.6 Å². The summed E-state index contributed by atoms with van der Waals surface area (Å²) in [5, 5.41) is 2.84. The lowest BCUT2D eigenvalue weighted by atomic mass is 9.96. The number of aromatic nitrogens is 1. The molecule has 1 fully saturated rings. The van der Waals surface area contributed by atoms with Crippen LogP contribution in [0.5, 0.6) is 0 Å². The first-order valence-electron chi connectivity index (χ1n) is 9.52. The molecule has 0 radical (unpaired) electrons. The van der Waals surface area contributed by atoms with Crippen molar-refractivity contribution in [1.82, 2.24) is 15.2 Å². The monoisotopic (exact) mass is 373 g/mol. The Hall–Kier alpha value is -2.57. The molecule has 146 valence electrons. The second-order valence-electron chi connectivity index (χ2n) is 7.12. The summed E-state index contributed by atoms with van der Waals surface area (Å²) in [4.78, 5) is 30.9. The molecule has 1 aliphatic rings. The van der Waals surface area contributed by atoms with Crippen LogP contribution in [0.3, 0.4) is 0 Å². The molecule has 0 bridgehead atoms. The molecule has 0 aliphatic carbocycles. The van der Waals surface area contributed by atoms with Crippen molar-refractivity contribution < 1.29 is 18.7 Å². The molecule has 7 heteroatoms. The number of para-hydroxylation sites is 2. The summed E-state index contributed by atoms with van der Waals surface area (Å²) in [6.45, 7) is 5.12. The van der Waals surface area contributed by atoms with Crippen LogP contribution in [0, 0.1) is 5.92 Å². The molecular weight excluding hydrogens is 346 g/mol. The number of benzene rings is 1. The lowest BCUT2D eigenvalue weighted by Gasteiger charge is -2.32. The highest BCUT2D eigenvalue weighted by Crippen LogP contribution is 2.30. The molecule has 1 aromatic heterocycles. The molecule has 1 aliphatic heterocycles. The number of nitrogens with zero attached hydrogens (tertiary/aromatic N) is 2. The summed E-state index contributed by atoms with van der Waals surface area (Å²) < 4.78 is 10.7. The van der Waals surface area contributed by atoms with Crippen molar-refractivity contribution in [3.8, 4) is 0 Å². The zero-order valence-corrected chi connectivity index (χ0v) is 16.1. The van der Waals surface area contributed by atoms with Gasteiger partial charge in [0.05, 0.1) is 7.11 Å². The molecule has 2 aromatic rings.